The number of benzene rings is 1. The number of nitrogens with two attached hydrogens (primary N) is 1. The monoisotopic (exact) mass is 270 g/mol. The van der Waals surface area contributed by atoms with Gasteiger partial charge in [0.25, 0.3) is 0 Å². The third kappa shape index (κ3) is 2.69. The summed E-state index contributed by atoms with van der Waals surface area (Å²) in [6.45, 7) is 4.69. The topological polar surface area (TPSA) is 63.8 Å². The predicted octanol–water partition coefficient (Wildman–Crippen LogP) is 3.59. The first-order chi connectivity index (χ1) is 9.53. The number of nitrogens with one attached hydrogen (secondary N) is 1. The molecule has 4 nitrogen and oxygen atoms in total. The van der Waals surface area contributed by atoms with Crippen molar-refractivity contribution in [1.29, 1.82) is 0 Å². The number of hydrogen-bond acceptors (Lipinski definition) is 4. The van der Waals surface area contributed by atoms with Crippen molar-refractivity contribution in [2.24, 2.45) is 5.41 Å². The Kier molecular flexibility index (Phi) is 3.24. The molecule has 0 radical (unpaired) electrons. The average molecular weight is 270 g/mol. The molecule has 0 spiro atoms. The summed E-state index contributed by atoms with van der Waals surface area (Å²) in [6.07, 6.45) is 6.59. The van der Waals surface area contributed by atoms with Crippen LogP contribution in [0.3, 0.4) is 0 Å². The van der Waals surface area contributed by atoms with Crippen LogP contribution in [0, 0.1) is 5.41 Å². The van der Waals surface area contributed by atoms with Crippen LogP contribution >= 0.6 is 0 Å². The molecular weight excluding hydrogens is 248 g/mol. The smallest absolute Gasteiger partial charge is 0.137 e. The minimum absolute atomic E-state index is 0.414. The van der Waals surface area contributed by atoms with Crippen molar-refractivity contribution in [2.75, 3.05) is 11.1 Å². The highest BCUT2D eigenvalue weighted by Crippen LogP contribution is 2.36. The lowest BCUT2D eigenvalue weighted by Gasteiger charge is -2.35. The molecule has 0 aliphatic heterocycles. The molecule has 0 bridgehead atoms. The molecule has 1 aromatic carbocycles. The number of nitrogen functional groups attached to an aromatic ring is 1. The first kappa shape index (κ1) is 13.2. The minimum atomic E-state index is 0.414. The van der Waals surface area contributed by atoms with Crippen molar-refractivity contribution >= 4 is 22.4 Å². The summed E-state index contributed by atoms with van der Waals surface area (Å²) in [5, 5.41) is 4.61. The van der Waals surface area contributed by atoms with E-state index in [0.29, 0.717) is 11.5 Å². The van der Waals surface area contributed by atoms with Crippen LogP contribution in [0.5, 0.6) is 0 Å². The summed E-state index contributed by atoms with van der Waals surface area (Å²) in [5.41, 5.74) is 7.99. The van der Waals surface area contributed by atoms with Crippen LogP contribution < -0.4 is 11.1 Å². The second-order valence-corrected chi connectivity index (χ2v) is 6.60. The van der Waals surface area contributed by atoms with Gasteiger partial charge < -0.3 is 11.1 Å². The SMILES string of the molecule is CC1(C)CCCC(Nc2ncnc3ccc(N)cc23)C1. The molecular formula is C16H22N4. The van der Waals surface area contributed by atoms with Crippen molar-refractivity contribution in [3.8, 4) is 0 Å². The third-order valence-corrected chi connectivity index (χ3v) is 4.21. The fourth-order valence-corrected chi connectivity index (χ4v) is 3.20. The van der Waals surface area contributed by atoms with E-state index in [2.05, 4.69) is 29.1 Å². The van der Waals surface area contributed by atoms with E-state index >= 15 is 0 Å². The predicted molar refractivity (Wildman–Crippen MR) is 83.6 cm³/mol. The van der Waals surface area contributed by atoms with Gasteiger partial charge in [-0.1, -0.05) is 20.3 Å². The molecule has 1 atom stereocenters. The Morgan fingerprint density at radius 1 is 1.30 bits per heavy atom. The second-order valence-electron chi connectivity index (χ2n) is 6.60. The van der Waals surface area contributed by atoms with Gasteiger partial charge in [0.15, 0.2) is 0 Å². The van der Waals surface area contributed by atoms with Crippen LogP contribution in [0.2, 0.25) is 0 Å². The van der Waals surface area contributed by atoms with Crippen molar-refractivity contribution in [3.63, 3.8) is 0 Å². The van der Waals surface area contributed by atoms with E-state index in [1.807, 2.05) is 18.2 Å². The van der Waals surface area contributed by atoms with E-state index < -0.39 is 0 Å². The average Bonchev–Trinajstić information content (AvgIpc) is 2.38. The van der Waals surface area contributed by atoms with Crippen molar-refractivity contribution in [1.82, 2.24) is 9.97 Å². The number of anilines is 2. The summed E-state index contributed by atoms with van der Waals surface area (Å²) in [6, 6.07) is 6.26. The lowest BCUT2D eigenvalue weighted by Crippen LogP contribution is -2.32. The first-order valence-electron chi connectivity index (χ1n) is 7.30. The molecule has 20 heavy (non-hydrogen) atoms. The Morgan fingerprint density at radius 3 is 2.95 bits per heavy atom. The van der Waals surface area contributed by atoms with Crippen LogP contribution in [0.1, 0.15) is 39.5 Å². The van der Waals surface area contributed by atoms with E-state index in [4.69, 9.17) is 5.73 Å². The van der Waals surface area contributed by atoms with Gasteiger partial charge in [-0.25, -0.2) is 9.97 Å². The van der Waals surface area contributed by atoms with Gasteiger partial charge in [-0.2, -0.15) is 0 Å². The number of aromatic nitrogens is 2. The largest absolute Gasteiger partial charge is 0.399 e. The van der Waals surface area contributed by atoms with Crippen LogP contribution in [0.25, 0.3) is 10.9 Å². The Labute approximate surface area is 119 Å². The Hall–Kier alpha value is -1.84. The third-order valence-electron chi connectivity index (χ3n) is 4.21. The van der Waals surface area contributed by atoms with Crippen LogP contribution in [0.15, 0.2) is 24.5 Å². The van der Waals surface area contributed by atoms with E-state index in [0.717, 1.165) is 22.4 Å². The fourth-order valence-electron chi connectivity index (χ4n) is 3.20. The van der Waals surface area contributed by atoms with E-state index in [9.17, 15) is 0 Å². The van der Waals surface area contributed by atoms with Gasteiger partial charge in [-0.15, -0.1) is 0 Å². The van der Waals surface area contributed by atoms with Gasteiger partial charge in [-0.05, 0) is 42.9 Å². The molecule has 0 saturated heterocycles. The van der Waals surface area contributed by atoms with E-state index in [1.165, 1.54) is 25.7 Å². The van der Waals surface area contributed by atoms with Crippen molar-refractivity contribution in [3.05, 3.63) is 24.5 Å². The lowest BCUT2D eigenvalue weighted by atomic mass is 9.75. The van der Waals surface area contributed by atoms with E-state index in [-0.39, 0.29) is 0 Å². The fraction of sp³-hybridized carbons (Fsp3) is 0.500. The zero-order valence-corrected chi connectivity index (χ0v) is 12.2. The standard InChI is InChI=1S/C16H22N4/c1-16(2)7-3-4-12(9-16)20-15-13-8-11(17)5-6-14(13)18-10-19-15/h5-6,8,10,12H,3-4,7,9,17H2,1-2H3,(H,18,19,20). The first-order valence-corrected chi connectivity index (χ1v) is 7.30. The molecule has 106 valence electrons. The summed E-state index contributed by atoms with van der Waals surface area (Å²) < 4.78 is 0. The van der Waals surface area contributed by atoms with Crippen molar-refractivity contribution < 1.29 is 0 Å². The van der Waals surface area contributed by atoms with Gasteiger partial charge in [0.2, 0.25) is 0 Å². The Morgan fingerprint density at radius 2 is 2.15 bits per heavy atom. The number of fused-ring (bicyclic) bond motifs is 1. The molecule has 4 heteroatoms. The Balaban J connectivity index is 1.89. The zero-order valence-electron chi connectivity index (χ0n) is 12.2. The number of rotatable bonds is 2. The summed E-state index contributed by atoms with van der Waals surface area (Å²) in [5.74, 6) is 0.907. The summed E-state index contributed by atoms with van der Waals surface area (Å²) in [7, 11) is 0. The molecule has 1 saturated carbocycles. The molecule has 1 fully saturated rings. The van der Waals surface area contributed by atoms with Gasteiger partial charge in [0.05, 0.1) is 5.52 Å². The maximum absolute atomic E-state index is 5.89. The molecule has 1 aliphatic rings. The molecule has 0 amide bonds. The molecule has 2 aromatic rings. The molecule has 1 aliphatic carbocycles. The normalized spacial score (nSPS) is 21.8. The highest BCUT2D eigenvalue weighted by atomic mass is 15.0. The van der Waals surface area contributed by atoms with Gasteiger partial charge in [0.1, 0.15) is 12.1 Å². The molecule has 3 N–H and O–H groups in total. The highest BCUT2D eigenvalue weighted by molar-refractivity contribution is 5.91. The second kappa shape index (κ2) is 4.93. The van der Waals surface area contributed by atoms with Crippen LogP contribution in [0.4, 0.5) is 11.5 Å². The quantitative estimate of drug-likeness (QED) is 0.818. The number of nitrogens with zero attached hydrogens (tertiary/aromatic N) is 2. The number of hydrogen-bond donors (Lipinski definition) is 2. The van der Waals surface area contributed by atoms with E-state index in [1.54, 1.807) is 6.33 Å². The Bertz CT molecular complexity index is 621. The molecule has 1 aromatic heterocycles. The van der Waals surface area contributed by atoms with Gasteiger partial charge in [0, 0.05) is 17.1 Å². The molecule has 1 heterocycles. The lowest BCUT2D eigenvalue weighted by molar-refractivity contribution is 0.229. The van der Waals surface area contributed by atoms with Gasteiger partial charge in [-0.3, -0.25) is 0 Å². The maximum Gasteiger partial charge on any atom is 0.137 e. The maximum atomic E-state index is 5.89. The molecule has 3 rings (SSSR count). The molecule has 1 unspecified atom stereocenters. The van der Waals surface area contributed by atoms with Crippen LogP contribution in [-0.4, -0.2) is 16.0 Å². The summed E-state index contributed by atoms with van der Waals surface area (Å²) >= 11 is 0. The summed E-state index contributed by atoms with van der Waals surface area (Å²) in [4.78, 5) is 8.71. The van der Waals surface area contributed by atoms with Crippen LogP contribution in [-0.2, 0) is 0 Å². The zero-order chi connectivity index (χ0) is 14.2. The highest BCUT2D eigenvalue weighted by Gasteiger charge is 2.28. The minimum Gasteiger partial charge on any atom is -0.399 e. The van der Waals surface area contributed by atoms with Crippen molar-refractivity contribution in [2.45, 2.75) is 45.6 Å². The van der Waals surface area contributed by atoms with Gasteiger partial charge >= 0.3 is 0 Å².